The SMILES string of the molecule is Cc1ncc2c(c1CNC(=O)Cn1cc(C(N)=O)c3ccccc31)CCNC2. The summed E-state index contributed by atoms with van der Waals surface area (Å²) in [5.41, 5.74) is 11.2. The van der Waals surface area contributed by atoms with Crippen LogP contribution in [0.1, 0.15) is 32.7 Å². The number of aryl methyl sites for hydroxylation is 1. The Morgan fingerprint density at radius 1 is 1.32 bits per heavy atom. The van der Waals surface area contributed by atoms with Crippen molar-refractivity contribution in [3.8, 4) is 0 Å². The third-order valence-corrected chi connectivity index (χ3v) is 5.30. The summed E-state index contributed by atoms with van der Waals surface area (Å²) in [4.78, 5) is 28.8. The fourth-order valence-corrected chi connectivity index (χ4v) is 3.85. The normalized spacial score (nSPS) is 13.3. The highest BCUT2D eigenvalue weighted by Crippen LogP contribution is 2.22. The molecule has 4 N–H and O–H groups in total. The molecule has 0 atom stereocenters. The van der Waals surface area contributed by atoms with Gasteiger partial charge in [-0.1, -0.05) is 18.2 Å². The van der Waals surface area contributed by atoms with Crippen LogP contribution in [0.15, 0.2) is 36.7 Å². The fraction of sp³-hybridized carbons (Fsp3) is 0.286. The lowest BCUT2D eigenvalue weighted by molar-refractivity contribution is -0.121. The van der Waals surface area contributed by atoms with Crippen LogP contribution in [0.25, 0.3) is 10.9 Å². The predicted molar refractivity (Wildman–Crippen MR) is 107 cm³/mol. The van der Waals surface area contributed by atoms with E-state index in [0.717, 1.165) is 41.7 Å². The molecule has 1 aliphatic rings. The van der Waals surface area contributed by atoms with E-state index in [1.54, 1.807) is 10.8 Å². The number of hydrogen-bond donors (Lipinski definition) is 3. The molecule has 0 fully saturated rings. The summed E-state index contributed by atoms with van der Waals surface area (Å²) >= 11 is 0. The number of pyridine rings is 1. The molecular weight excluding hydrogens is 354 g/mol. The Morgan fingerprint density at radius 2 is 2.14 bits per heavy atom. The summed E-state index contributed by atoms with van der Waals surface area (Å²) in [6, 6.07) is 7.44. The molecule has 2 aromatic heterocycles. The quantitative estimate of drug-likeness (QED) is 0.625. The van der Waals surface area contributed by atoms with Crippen LogP contribution in [0.3, 0.4) is 0 Å². The van der Waals surface area contributed by atoms with E-state index < -0.39 is 5.91 Å². The van der Waals surface area contributed by atoms with Crippen molar-refractivity contribution in [1.82, 2.24) is 20.2 Å². The third kappa shape index (κ3) is 3.36. The van der Waals surface area contributed by atoms with Gasteiger partial charge in [-0.25, -0.2) is 0 Å². The van der Waals surface area contributed by atoms with Gasteiger partial charge >= 0.3 is 0 Å². The highest BCUT2D eigenvalue weighted by Gasteiger charge is 2.17. The summed E-state index contributed by atoms with van der Waals surface area (Å²) in [7, 11) is 0. The molecule has 0 radical (unpaired) electrons. The number of nitrogens with zero attached hydrogens (tertiary/aromatic N) is 2. The lowest BCUT2D eigenvalue weighted by Crippen LogP contribution is -2.30. The zero-order chi connectivity index (χ0) is 19.7. The van der Waals surface area contributed by atoms with Crippen LogP contribution in [-0.4, -0.2) is 27.9 Å². The number of aromatic nitrogens is 2. The Balaban J connectivity index is 1.52. The molecule has 28 heavy (non-hydrogen) atoms. The van der Waals surface area contributed by atoms with Crippen molar-refractivity contribution < 1.29 is 9.59 Å². The Kier molecular flexibility index (Phi) is 4.83. The van der Waals surface area contributed by atoms with E-state index in [2.05, 4.69) is 15.6 Å². The molecule has 0 spiro atoms. The first-order valence-corrected chi connectivity index (χ1v) is 9.36. The Labute approximate surface area is 162 Å². The minimum absolute atomic E-state index is 0.122. The standard InChI is InChI=1S/C21H23N5O2/c1-13-17(15-6-7-23-8-14(15)9-24-13)10-25-20(27)12-26-11-18(21(22)28)16-4-2-3-5-19(16)26/h2-5,9,11,23H,6-8,10,12H2,1H3,(H2,22,28)(H,25,27). The second-order valence-corrected chi connectivity index (χ2v) is 7.08. The largest absolute Gasteiger partial charge is 0.366 e. The number of fused-ring (bicyclic) bond motifs is 2. The smallest absolute Gasteiger partial charge is 0.250 e. The predicted octanol–water partition coefficient (Wildman–Crippen LogP) is 1.41. The van der Waals surface area contributed by atoms with Gasteiger partial charge in [0.05, 0.1) is 5.56 Å². The number of carbonyl (C=O) groups is 2. The second kappa shape index (κ2) is 7.44. The molecule has 0 saturated carbocycles. The first-order chi connectivity index (χ1) is 13.5. The molecule has 0 bridgehead atoms. The molecule has 3 aromatic rings. The van der Waals surface area contributed by atoms with E-state index in [0.29, 0.717) is 12.1 Å². The van der Waals surface area contributed by atoms with Crippen molar-refractivity contribution in [1.29, 1.82) is 0 Å². The molecule has 7 nitrogen and oxygen atoms in total. The van der Waals surface area contributed by atoms with Gasteiger partial charge in [0, 0.05) is 42.1 Å². The summed E-state index contributed by atoms with van der Waals surface area (Å²) in [5, 5.41) is 7.11. The van der Waals surface area contributed by atoms with E-state index in [-0.39, 0.29) is 12.5 Å². The highest BCUT2D eigenvalue weighted by atomic mass is 16.2. The first kappa shape index (κ1) is 18.2. The van der Waals surface area contributed by atoms with Gasteiger partial charge in [-0.05, 0) is 42.6 Å². The minimum atomic E-state index is -0.499. The number of amides is 2. The van der Waals surface area contributed by atoms with Crippen molar-refractivity contribution in [2.75, 3.05) is 6.54 Å². The lowest BCUT2D eigenvalue weighted by atomic mass is 9.96. The van der Waals surface area contributed by atoms with Gasteiger partial charge in [-0.2, -0.15) is 0 Å². The number of nitrogens with one attached hydrogen (secondary N) is 2. The molecule has 1 aromatic carbocycles. The zero-order valence-corrected chi connectivity index (χ0v) is 15.8. The maximum absolute atomic E-state index is 12.6. The molecule has 0 saturated heterocycles. The Hall–Kier alpha value is -3.19. The topological polar surface area (TPSA) is 102 Å². The maximum Gasteiger partial charge on any atom is 0.250 e. The van der Waals surface area contributed by atoms with Gasteiger partial charge in [0.25, 0.3) is 5.91 Å². The van der Waals surface area contributed by atoms with E-state index in [1.807, 2.05) is 37.4 Å². The van der Waals surface area contributed by atoms with Crippen LogP contribution in [0.2, 0.25) is 0 Å². The van der Waals surface area contributed by atoms with Gasteiger partial charge in [0.2, 0.25) is 5.91 Å². The minimum Gasteiger partial charge on any atom is -0.366 e. The van der Waals surface area contributed by atoms with Gasteiger partial charge in [0.1, 0.15) is 6.54 Å². The van der Waals surface area contributed by atoms with Gasteiger partial charge < -0.3 is 20.9 Å². The summed E-state index contributed by atoms with van der Waals surface area (Å²) in [6.45, 7) is 4.29. The fourth-order valence-electron chi connectivity index (χ4n) is 3.85. The molecule has 3 heterocycles. The van der Waals surface area contributed by atoms with Crippen LogP contribution in [0.4, 0.5) is 0 Å². The van der Waals surface area contributed by atoms with Gasteiger partial charge in [-0.3, -0.25) is 14.6 Å². The molecule has 4 rings (SSSR count). The monoisotopic (exact) mass is 377 g/mol. The van der Waals surface area contributed by atoms with Crippen LogP contribution < -0.4 is 16.4 Å². The van der Waals surface area contributed by atoms with Crippen LogP contribution in [0, 0.1) is 6.92 Å². The molecule has 144 valence electrons. The molecular formula is C21H23N5O2. The second-order valence-electron chi connectivity index (χ2n) is 7.08. The van der Waals surface area contributed by atoms with Gasteiger partial charge in [0.15, 0.2) is 0 Å². The van der Waals surface area contributed by atoms with E-state index >= 15 is 0 Å². The average Bonchev–Trinajstić information content (AvgIpc) is 3.06. The van der Waals surface area contributed by atoms with E-state index in [4.69, 9.17) is 5.73 Å². The number of primary amides is 1. The number of carbonyl (C=O) groups excluding carboxylic acids is 2. The number of para-hydroxylation sites is 1. The molecule has 2 amide bonds. The number of rotatable bonds is 5. The van der Waals surface area contributed by atoms with Crippen LogP contribution >= 0.6 is 0 Å². The van der Waals surface area contributed by atoms with Crippen molar-refractivity contribution in [2.45, 2.75) is 33.0 Å². The van der Waals surface area contributed by atoms with Crippen molar-refractivity contribution in [3.05, 3.63) is 64.6 Å². The maximum atomic E-state index is 12.6. The van der Waals surface area contributed by atoms with Gasteiger partial charge in [-0.15, -0.1) is 0 Å². The van der Waals surface area contributed by atoms with Crippen LogP contribution in [0.5, 0.6) is 0 Å². The van der Waals surface area contributed by atoms with Crippen molar-refractivity contribution in [2.24, 2.45) is 5.73 Å². The average molecular weight is 377 g/mol. The van der Waals surface area contributed by atoms with Crippen molar-refractivity contribution in [3.63, 3.8) is 0 Å². The Bertz CT molecular complexity index is 1070. The summed E-state index contributed by atoms with van der Waals surface area (Å²) < 4.78 is 1.76. The third-order valence-electron chi connectivity index (χ3n) is 5.30. The van der Waals surface area contributed by atoms with Crippen molar-refractivity contribution >= 4 is 22.7 Å². The Morgan fingerprint density at radius 3 is 2.96 bits per heavy atom. The number of hydrogen-bond acceptors (Lipinski definition) is 4. The molecule has 1 aliphatic heterocycles. The first-order valence-electron chi connectivity index (χ1n) is 9.36. The van der Waals surface area contributed by atoms with Crippen LogP contribution in [-0.2, 0) is 30.8 Å². The molecule has 0 unspecified atom stereocenters. The van der Waals surface area contributed by atoms with E-state index in [9.17, 15) is 9.59 Å². The lowest BCUT2D eigenvalue weighted by Gasteiger charge is -2.21. The summed E-state index contributed by atoms with van der Waals surface area (Å²) in [5.74, 6) is -0.621. The number of nitrogens with two attached hydrogens (primary N) is 1. The van der Waals surface area contributed by atoms with E-state index in [1.165, 1.54) is 11.1 Å². The number of benzene rings is 1. The zero-order valence-electron chi connectivity index (χ0n) is 15.8. The molecule has 7 heteroatoms. The highest BCUT2D eigenvalue weighted by molar-refractivity contribution is 6.06. The molecule has 0 aliphatic carbocycles. The summed E-state index contributed by atoms with van der Waals surface area (Å²) in [6.07, 6.45) is 4.50.